The molecule has 0 spiro atoms. The van der Waals surface area contributed by atoms with Gasteiger partial charge in [-0.3, -0.25) is 4.79 Å². The van der Waals surface area contributed by atoms with Crippen LogP contribution in [0.25, 0.3) is 0 Å². The number of benzene rings is 1. The Morgan fingerprint density at radius 2 is 1.95 bits per heavy atom. The van der Waals surface area contributed by atoms with Crippen LogP contribution in [-0.4, -0.2) is 29.6 Å². The Bertz CT molecular complexity index is 524. The molecule has 20 heavy (non-hydrogen) atoms. The van der Waals surface area contributed by atoms with Crippen LogP contribution in [0.2, 0.25) is 0 Å². The van der Waals surface area contributed by atoms with Crippen LogP contribution in [0.1, 0.15) is 36.0 Å². The fourth-order valence-electron chi connectivity index (χ4n) is 2.83. The molecule has 2 rings (SSSR count). The first kappa shape index (κ1) is 14.2. The van der Waals surface area contributed by atoms with Gasteiger partial charge < -0.3 is 21.5 Å². The highest BCUT2D eigenvalue weighted by Crippen LogP contribution is 2.34. The van der Waals surface area contributed by atoms with Gasteiger partial charge in [-0.1, -0.05) is 18.9 Å². The van der Waals surface area contributed by atoms with Crippen LogP contribution in [0, 0.1) is 0 Å². The Morgan fingerprint density at radius 3 is 2.50 bits per heavy atom. The zero-order chi connectivity index (χ0) is 14.7. The number of carboxylic acids is 1. The number of carboxylic acid groups (broad SMARTS) is 1. The largest absolute Gasteiger partial charge is 0.478 e. The van der Waals surface area contributed by atoms with Gasteiger partial charge in [0, 0.05) is 6.04 Å². The number of para-hydroxylation sites is 1. The monoisotopic (exact) mass is 277 g/mol. The van der Waals surface area contributed by atoms with E-state index >= 15 is 0 Å². The molecular formula is C14H19N3O3. The summed E-state index contributed by atoms with van der Waals surface area (Å²) in [5.41, 5.74) is 12.1. The third-order valence-electron chi connectivity index (χ3n) is 3.68. The molecule has 1 amide bonds. The lowest BCUT2D eigenvalue weighted by Gasteiger charge is -2.32. The summed E-state index contributed by atoms with van der Waals surface area (Å²) in [6, 6.07) is 4.85. The second-order valence-electron chi connectivity index (χ2n) is 5.08. The standard InChI is InChI=1S/C14H19N3O3/c15-11-7-3-6-10(14(19)20)13(11)17(8-12(16)18)9-4-1-2-5-9/h3,6-7,9H,1-2,4-5,8,15H2,(H2,16,18)(H,19,20). The molecule has 1 aliphatic rings. The number of nitrogens with zero attached hydrogens (tertiary/aromatic N) is 1. The van der Waals surface area contributed by atoms with Gasteiger partial charge in [0.2, 0.25) is 5.91 Å². The Hall–Kier alpha value is -2.24. The van der Waals surface area contributed by atoms with Crippen LogP contribution in [0.5, 0.6) is 0 Å². The molecule has 0 aliphatic heterocycles. The van der Waals surface area contributed by atoms with Gasteiger partial charge in [-0.25, -0.2) is 4.79 Å². The zero-order valence-corrected chi connectivity index (χ0v) is 11.2. The molecule has 0 radical (unpaired) electrons. The van der Waals surface area contributed by atoms with E-state index in [0.717, 1.165) is 25.7 Å². The van der Waals surface area contributed by atoms with E-state index < -0.39 is 11.9 Å². The van der Waals surface area contributed by atoms with E-state index in [1.165, 1.54) is 6.07 Å². The summed E-state index contributed by atoms with van der Waals surface area (Å²) < 4.78 is 0. The molecular weight excluding hydrogens is 258 g/mol. The number of amides is 1. The number of rotatable bonds is 5. The van der Waals surface area contributed by atoms with Crippen molar-refractivity contribution in [1.29, 1.82) is 0 Å². The molecule has 0 aromatic heterocycles. The quantitative estimate of drug-likeness (QED) is 0.700. The molecule has 1 saturated carbocycles. The first-order valence-electron chi connectivity index (χ1n) is 6.67. The number of hydrogen-bond donors (Lipinski definition) is 3. The molecule has 1 aliphatic carbocycles. The minimum atomic E-state index is -1.06. The van der Waals surface area contributed by atoms with Gasteiger partial charge in [-0.15, -0.1) is 0 Å². The van der Waals surface area contributed by atoms with Crippen LogP contribution in [0.4, 0.5) is 11.4 Å². The number of anilines is 2. The molecule has 0 bridgehead atoms. The average molecular weight is 277 g/mol. The van der Waals surface area contributed by atoms with E-state index in [2.05, 4.69) is 0 Å². The van der Waals surface area contributed by atoms with Crippen LogP contribution >= 0.6 is 0 Å². The number of aromatic carboxylic acids is 1. The molecule has 6 heteroatoms. The maximum Gasteiger partial charge on any atom is 0.337 e. The van der Waals surface area contributed by atoms with Crippen molar-refractivity contribution in [3.63, 3.8) is 0 Å². The summed E-state index contributed by atoms with van der Waals surface area (Å²) in [6.07, 6.45) is 3.96. The predicted octanol–water partition coefficient (Wildman–Crippen LogP) is 1.20. The van der Waals surface area contributed by atoms with Crippen LogP contribution in [0.3, 0.4) is 0 Å². The second kappa shape index (κ2) is 5.81. The van der Waals surface area contributed by atoms with Gasteiger partial charge in [0.1, 0.15) is 0 Å². The minimum absolute atomic E-state index is 0.0147. The lowest BCUT2D eigenvalue weighted by atomic mass is 10.1. The van der Waals surface area contributed by atoms with Gasteiger partial charge in [0.05, 0.1) is 23.5 Å². The molecule has 108 valence electrons. The average Bonchev–Trinajstić information content (AvgIpc) is 2.89. The molecule has 0 atom stereocenters. The van der Waals surface area contributed by atoms with Crippen molar-refractivity contribution in [3.8, 4) is 0 Å². The summed E-state index contributed by atoms with van der Waals surface area (Å²) >= 11 is 0. The summed E-state index contributed by atoms with van der Waals surface area (Å²) in [7, 11) is 0. The van der Waals surface area contributed by atoms with Crippen molar-refractivity contribution >= 4 is 23.3 Å². The molecule has 6 nitrogen and oxygen atoms in total. The highest BCUT2D eigenvalue weighted by atomic mass is 16.4. The van der Waals surface area contributed by atoms with E-state index in [9.17, 15) is 14.7 Å². The highest BCUT2D eigenvalue weighted by Gasteiger charge is 2.28. The van der Waals surface area contributed by atoms with Gasteiger partial charge in [0.25, 0.3) is 0 Å². The summed E-state index contributed by atoms with van der Waals surface area (Å²) in [5.74, 6) is -1.55. The topological polar surface area (TPSA) is 110 Å². The van der Waals surface area contributed by atoms with E-state index in [0.29, 0.717) is 11.4 Å². The Labute approximate surface area is 117 Å². The van der Waals surface area contributed by atoms with Crippen molar-refractivity contribution in [3.05, 3.63) is 23.8 Å². The molecule has 5 N–H and O–H groups in total. The maximum absolute atomic E-state index is 11.4. The predicted molar refractivity (Wildman–Crippen MR) is 76.6 cm³/mol. The van der Waals surface area contributed by atoms with E-state index in [1.54, 1.807) is 17.0 Å². The molecule has 1 fully saturated rings. The van der Waals surface area contributed by atoms with Gasteiger partial charge >= 0.3 is 5.97 Å². The summed E-state index contributed by atoms with van der Waals surface area (Å²) in [5, 5.41) is 9.32. The fourth-order valence-corrected chi connectivity index (χ4v) is 2.83. The van der Waals surface area contributed by atoms with Crippen molar-refractivity contribution in [1.82, 2.24) is 0 Å². The molecule has 1 aromatic rings. The molecule has 0 saturated heterocycles. The number of carbonyl (C=O) groups is 2. The molecule has 0 heterocycles. The number of nitrogen functional groups attached to an aromatic ring is 1. The van der Waals surface area contributed by atoms with E-state index in [-0.39, 0.29) is 18.2 Å². The third kappa shape index (κ3) is 2.84. The fraction of sp³-hybridized carbons (Fsp3) is 0.429. The lowest BCUT2D eigenvalue weighted by Crippen LogP contribution is -2.41. The third-order valence-corrected chi connectivity index (χ3v) is 3.68. The molecule has 1 aromatic carbocycles. The zero-order valence-electron chi connectivity index (χ0n) is 11.2. The second-order valence-corrected chi connectivity index (χ2v) is 5.08. The van der Waals surface area contributed by atoms with Crippen LogP contribution < -0.4 is 16.4 Å². The number of primary amides is 1. The Kier molecular flexibility index (Phi) is 4.12. The number of carbonyl (C=O) groups excluding carboxylic acids is 1. The summed E-state index contributed by atoms with van der Waals surface area (Å²) in [4.78, 5) is 24.5. The smallest absolute Gasteiger partial charge is 0.337 e. The van der Waals surface area contributed by atoms with Crippen LogP contribution in [0.15, 0.2) is 18.2 Å². The van der Waals surface area contributed by atoms with Gasteiger partial charge in [-0.2, -0.15) is 0 Å². The van der Waals surface area contributed by atoms with Crippen molar-refractivity contribution in [2.75, 3.05) is 17.2 Å². The first-order chi connectivity index (χ1) is 9.50. The number of nitrogens with two attached hydrogens (primary N) is 2. The van der Waals surface area contributed by atoms with Gasteiger partial charge in [-0.05, 0) is 25.0 Å². The van der Waals surface area contributed by atoms with E-state index in [4.69, 9.17) is 11.5 Å². The lowest BCUT2D eigenvalue weighted by molar-refractivity contribution is -0.116. The Balaban J connectivity index is 2.46. The van der Waals surface area contributed by atoms with Crippen molar-refractivity contribution in [2.45, 2.75) is 31.7 Å². The van der Waals surface area contributed by atoms with Crippen molar-refractivity contribution in [2.24, 2.45) is 5.73 Å². The number of hydrogen-bond acceptors (Lipinski definition) is 4. The first-order valence-corrected chi connectivity index (χ1v) is 6.67. The SMILES string of the molecule is NC(=O)CN(c1c(N)cccc1C(=O)O)C1CCCC1. The van der Waals surface area contributed by atoms with Crippen LogP contribution in [-0.2, 0) is 4.79 Å². The van der Waals surface area contributed by atoms with E-state index in [1.807, 2.05) is 0 Å². The minimum Gasteiger partial charge on any atom is -0.478 e. The highest BCUT2D eigenvalue weighted by molar-refractivity contribution is 5.99. The van der Waals surface area contributed by atoms with Gasteiger partial charge in [0.15, 0.2) is 0 Å². The maximum atomic E-state index is 11.4. The normalized spacial score (nSPS) is 15.2. The van der Waals surface area contributed by atoms with Crippen molar-refractivity contribution < 1.29 is 14.7 Å². The summed E-state index contributed by atoms with van der Waals surface area (Å²) in [6.45, 7) is -0.0147. The molecule has 0 unspecified atom stereocenters. The Morgan fingerprint density at radius 1 is 1.30 bits per heavy atom.